The number of nitrogens with zero attached hydrogens (tertiary/aromatic N) is 1. The summed E-state index contributed by atoms with van der Waals surface area (Å²) in [5, 5.41) is 0. The molecule has 7 nitrogen and oxygen atoms in total. The highest BCUT2D eigenvalue weighted by atomic mass is 16.5. The van der Waals surface area contributed by atoms with Gasteiger partial charge >= 0.3 is 0 Å². The highest BCUT2D eigenvalue weighted by Crippen LogP contribution is 2.36. The van der Waals surface area contributed by atoms with Crippen LogP contribution in [0, 0.1) is 5.92 Å². The van der Waals surface area contributed by atoms with Crippen LogP contribution in [0.3, 0.4) is 0 Å². The molecule has 0 aliphatic carbocycles. The van der Waals surface area contributed by atoms with E-state index in [2.05, 4.69) is 25.4 Å². The largest absolute Gasteiger partial charge is 0.494 e. The summed E-state index contributed by atoms with van der Waals surface area (Å²) in [6.45, 7) is 8.51. The first kappa shape index (κ1) is 22.5. The molecule has 1 amide bonds. The molecule has 0 unspecified atom stereocenters. The van der Waals surface area contributed by atoms with Crippen LogP contribution >= 0.6 is 0 Å². The number of carbonyl (C=O) groups excluding carboxylic acids is 1. The van der Waals surface area contributed by atoms with Crippen molar-refractivity contribution >= 4 is 5.91 Å². The Morgan fingerprint density at radius 2 is 2.00 bits per heavy atom. The molecule has 0 atom stereocenters. The molecule has 0 fully saturated rings. The summed E-state index contributed by atoms with van der Waals surface area (Å²) < 4.78 is 16.9. The lowest BCUT2D eigenvalue weighted by Gasteiger charge is -2.15. The Bertz CT molecular complexity index is 965. The summed E-state index contributed by atoms with van der Waals surface area (Å²) in [6.07, 6.45) is 6.24. The normalized spacial score (nSPS) is 11.5. The van der Waals surface area contributed by atoms with Crippen LogP contribution in [0.5, 0.6) is 11.6 Å². The fourth-order valence-electron chi connectivity index (χ4n) is 2.49. The van der Waals surface area contributed by atoms with Crippen molar-refractivity contribution in [3.8, 4) is 22.8 Å². The summed E-state index contributed by atoms with van der Waals surface area (Å²) in [5.41, 5.74) is 12.7. The second kappa shape index (κ2) is 10.7. The zero-order chi connectivity index (χ0) is 22.1. The topological polar surface area (TPSA) is 110 Å². The van der Waals surface area contributed by atoms with Crippen molar-refractivity contribution in [2.24, 2.45) is 17.4 Å². The van der Waals surface area contributed by atoms with Gasteiger partial charge in [-0.15, -0.1) is 0 Å². The maximum absolute atomic E-state index is 11.7. The first-order valence-electron chi connectivity index (χ1n) is 9.38. The average Bonchev–Trinajstić information content (AvgIpc) is 2.74. The number of aromatic nitrogens is 1. The second-order valence-corrected chi connectivity index (χ2v) is 6.81. The Morgan fingerprint density at radius 3 is 2.63 bits per heavy atom. The van der Waals surface area contributed by atoms with E-state index < -0.39 is 5.91 Å². The van der Waals surface area contributed by atoms with Crippen molar-refractivity contribution < 1.29 is 19.0 Å². The molecule has 0 aliphatic rings. The number of primary amides is 1. The van der Waals surface area contributed by atoms with E-state index in [-0.39, 0.29) is 0 Å². The molecule has 2 rings (SSSR count). The molecule has 0 aliphatic heterocycles. The molecule has 0 radical (unpaired) electrons. The average molecular weight is 409 g/mol. The van der Waals surface area contributed by atoms with Gasteiger partial charge in [0, 0.05) is 29.1 Å². The van der Waals surface area contributed by atoms with Gasteiger partial charge in [0.25, 0.3) is 0 Å². The number of carbonyl (C=O) groups is 1. The lowest BCUT2D eigenvalue weighted by atomic mass is 10.0. The Morgan fingerprint density at radius 1 is 1.23 bits per heavy atom. The molecule has 1 aromatic carbocycles. The van der Waals surface area contributed by atoms with Crippen molar-refractivity contribution in [2.75, 3.05) is 13.7 Å². The van der Waals surface area contributed by atoms with E-state index in [1.807, 2.05) is 6.07 Å². The molecule has 0 spiro atoms. The van der Waals surface area contributed by atoms with Crippen LogP contribution < -0.4 is 20.9 Å². The minimum atomic E-state index is -0.557. The van der Waals surface area contributed by atoms with Crippen molar-refractivity contribution in [2.45, 2.75) is 13.8 Å². The molecule has 7 heteroatoms. The van der Waals surface area contributed by atoms with Crippen LogP contribution in [0.15, 0.2) is 73.0 Å². The number of nitrogens with two attached hydrogens (primary N) is 2. The van der Waals surface area contributed by atoms with E-state index in [4.69, 9.17) is 25.7 Å². The predicted octanol–water partition coefficient (Wildman–Crippen LogP) is 3.78. The third-order valence-corrected chi connectivity index (χ3v) is 3.95. The van der Waals surface area contributed by atoms with Gasteiger partial charge in [-0.05, 0) is 48.4 Å². The van der Waals surface area contributed by atoms with E-state index in [0.29, 0.717) is 52.4 Å². The molecule has 2 aromatic rings. The van der Waals surface area contributed by atoms with E-state index >= 15 is 0 Å². The zero-order valence-electron chi connectivity index (χ0n) is 17.4. The molecule has 1 heterocycles. The maximum Gasteiger partial charge on any atom is 0.248 e. The highest BCUT2D eigenvalue weighted by Gasteiger charge is 2.16. The van der Waals surface area contributed by atoms with E-state index in [1.165, 1.54) is 13.3 Å². The smallest absolute Gasteiger partial charge is 0.248 e. The SMILES string of the molecule is C=C(/C=C\C(=C/N)Oc1ccc(C(N)=O)cc1-c1cccnc1OC)OCC(C)C. The summed E-state index contributed by atoms with van der Waals surface area (Å²) in [5.74, 6) is 1.51. The van der Waals surface area contributed by atoms with Crippen LogP contribution in [0.4, 0.5) is 0 Å². The highest BCUT2D eigenvalue weighted by molar-refractivity contribution is 5.95. The van der Waals surface area contributed by atoms with Crippen molar-refractivity contribution in [3.63, 3.8) is 0 Å². The number of ether oxygens (including phenoxy) is 3. The lowest BCUT2D eigenvalue weighted by Crippen LogP contribution is -2.11. The number of methoxy groups -OCH3 is 1. The van der Waals surface area contributed by atoms with Crippen molar-refractivity contribution in [1.29, 1.82) is 0 Å². The molecule has 158 valence electrons. The Balaban J connectivity index is 2.36. The third kappa shape index (κ3) is 6.13. The van der Waals surface area contributed by atoms with Gasteiger partial charge in [0.1, 0.15) is 17.3 Å². The number of hydrogen-bond acceptors (Lipinski definition) is 6. The molecule has 0 bridgehead atoms. The molecular weight excluding hydrogens is 382 g/mol. The molecule has 30 heavy (non-hydrogen) atoms. The summed E-state index contributed by atoms with van der Waals surface area (Å²) in [7, 11) is 1.51. The van der Waals surface area contributed by atoms with E-state index in [0.717, 1.165) is 0 Å². The number of amides is 1. The van der Waals surface area contributed by atoms with Crippen molar-refractivity contribution in [3.05, 3.63) is 78.5 Å². The fraction of sp³-hybridized carbons (Fsp3) is 0.217. The monoisotopic (exact) mass is 409 g/mol. The third-order valence-electron chi connectivity index (χ3n) is 3.95. The Labute approximate surface area is 176 Å². The number of allylic oxidation sites excluding steroid dienone is 2. The minimum Gasteiger partial charge on any atom is -0.494 e. The number of benzene rings is 1. The van der Waals surface area contributed by atoms with Crippen LogP contribution in [0.2, 0.25) is 0 Å². The number of hydrogen-bond donors (Lipinski definition) is 2. The Hall–Kier alpha value is -3.74. The van der Waals surface area contributed by atoms with Gasteiger partial charge in [0.2, 0.25) is 11.8 Å². The maximum atomic E-state index is 11.7. The summed E-state index contributed by atoms with van der Waals surface area (Å²) in [6, 6.07) is 8.41. The van der Waals surface area contributed by atoms with Gasteiger partial charge in [0.15, 0.2) is 0 Å². The first-order valence-corrected chi connectivity index (χ1v) is 9.38. The quantitative estimate of drug-likeness (QED) is 0.456. The summed E-state index contributed by atoms with van der Waals surface area (Å²) in [4.78, 5) is 15.9. The molecule has 0 saturated heterocycles. The predicted molar refractivity (Wildman–Crippen MR) is 117 cm³/mol. The molecule has 1 aromatic heterocycles. The zero-order valence-corrected chi connectivity index (χ0v) is 17.4. The van der Waals surface area contributed by atoms with Gasteiger partial charge < -0.3 is 25.7 Å². The van der Waals surface area contributed by atoms with Crippen LogP contribution in [-0.4, -0.2) is 24.6 Å². The Kier molecular flexibility index (Phi) is 8.05. The van der Waals surface area contributed by atoms with Gasteiger partial charge in [-0.3, -0.25) is 4.79 Å². The van der Waals surface area contributed by atoms with Gasteiger partial charge in [0.05, 0.1) is 13.7 Å². The standard InChI is InChI=1S/C23H27N3O4/c1-15(2)14-29-16(3)7-9-18(13-24)30-21-10-8-17(22(25)27)12-20(21)19-6-5-11-26-23(19)28-4/h5-13,15H,3,14,24H2,1-2,4H3,(H2,25,27)/b9-7-,18-13+. The number of rotatable bonds is 10. The lowest BCUT2D eigenvalue weighted by molar-refractivity contribution is 0.100. The molecular formula is C23H27N3O4. The molecule has 4 N–H and O–H groups in total. The van der Waals surface area contributed by atoms with E-state index in [9.17, 15) is 4.79 Å². The first-order chi connectivity index (χ1) is 14.3. The van der Waals surface area contributed by atoms with Gasteiger partial charge in [-0.1, -0.05) is 20.4 Å². The fourth-order valence-corrected chi connectivity index (χ4v) is 2.49. The summed E-state index contributed by atoms with van der Waals surface area (Å²) >= 11 is 0. The van der Waals surface area contributed by atoms with Gasteiger partial charge in [-0.25, -0.2) is 4.98 Å². The van der Waals surface area contributed by atoms with Crippen LogP contribution in [-0.2, 0) is 4.74 Å². The van der Waals surface area contributed by atoms with E-state index in [1.54, 1.807) is 42.6 Å². The van der Waals surface area contributed by atoms with Crippen LogP contribution in [0.1, 0.15) is 24.2 Å². The van der Waals surface area contributed by atoms with Crippen molar-refractivity contribution in [1.82, 2.24) is 4.98 Å². The second-order valence-electron chi connectivity index (χ2n) is 6.81. The molecule has 0 saturated carbocycles. The van der Waals surface area contributed by atoms with Gasteiger partial charge in [-0.2, -0.15) is 0 Å². The van der Waals surface area contributed by atoms with Crippen LogP contribution in [0.25, 0.3) is 11.1 Å². The minimum absolute atomic E-state index is 0.326. The number of pyridine rings is 1.